The topological polar surface area (TPSA) is 95.9 Å². The highest BCUT2D eigenvalue weighted by molar-refractivity contribution is 9.10. The number of nitrogens with zero attached hydrogens (tertiary/aromatic N) is 1. The first-order valence-electron chi connectivity index (χ1n) is 7.52. The van der Waals surface area contributed by atoms with E-state index < -0.39 is 24.5 Å². The minimum atomic E-state index is -1.08. The summed E-state index contributed by atoms with van der Waals surface area (Å²) < 4.78 is 5.66. The lowest BCUT2D eigenvalue weighted by Gasteiger charge is -2.10. The van der Waals surface area contributed by atoms with Crippen molar-refractivity contribution in [3.63, 3.8) is 0 Å². The highest BCUT2D eigenvalue weighted by Crippen LogP contribution is 2.28. The van der Waals surface area contributed by atoms with Crippen LogP contribution in [0.25, 0.3) is 6.08 Å². The Morgan fingerprint density at radius 2 is 1.92 bits per heavy atom. The number of carbonyl (C=O) groups excluding carboxylic acids is 2. The fourth-order valence-corrected chi connectivity index (χ4v) is 2.89. The second-order valence-corrected chi connectivity index (χ2v) is 6.19. The van der Waals surface area contributed by atoms with Gasteiger partial charge in [-0.2, -0.15) is 0 Å². The van der Waals surface area contributed by atoms with Gasteiger partial charge in [0, 0.05) is 0 Å². The van der Waals surface area contributed by atoms with Gasteiger partial charge in [0.2, 0.25) is 0 Å². The first-order chi connectivity index (χ1) is 12.5. The van der Waals surface area contributed by atoms with E-state index in [9.17, 15) is 14.4 Å². The number of hydrogen-bond acceptors (Lipinski definition) is 4. The van der Waals surface area contributed by atoms with Crippen LogP contribution in [-0.2, 0) is 9.59 Å². The Balaban J connectivity index is 1.82. The van der Waals surface area contributed by atoms with Crippen LogP contribution in [0, 0.1) is 0 Å². The predicted molar refractivity (Wildman–Crippen MR) is 97.7 cm³/mol. The predicted octanol–water partition coefficient (Wildman–Crippen LogP) is 3.01. The number of aliphatic carboxylic acids is 1. The molecule has 0 unspecified atom stereocenters. The lowest BCUT2D eigenvalue weighted by molar-refractivity contribution is -0.139. The van der Waals surface area contributed by atoms with Gasteiger partial charge in [-0.05, 0) is 51.8 Å². The minimum Gasteiger partial charge on any atom is -0.481 e. The number of imide groups is 1. The number of carboxylic acids is 1. The highest BCUT2D eigenvalue weighted by atomic mass is 79.9. The molecular formula is C18H13BrN2O5. The SMILES string of the molecule is O=C(O)COc1ccc(C=C2NC(=O)N(c3ccccc3)C2=O)cc1Br. The first kappa shape index (κ1) is 17.7. The summed E-state index contributed by atoms with van der Waals surface area (Å²) in [6.07, 6.45) is 1.54. The number of amides is 3. The van der Waals surface area contributed by atoms with Crippen molar-refractivity contribution in [2.45, 2.75) is 0 Å². The molecule has 0 aromatic heterocycles. The van der Waals surface area contributed by atoms with E-state index in [4.69, 9.17) is 9.84 Å². The number of halogens is 1. The van der Waals surface area contributed by atoms with Gasteiger partial charge in [-0.3, -0.25) is 4.79 Å². The van der Waals surface area contributed by atoms with E-state index in [0.717, 1.165) is 4.90 Å². The van der Waals surface area contributed by atoms with Crippen LogP contribution >= 0.6 is 15.9 Å². The van der Waals surface area contributed by atoms with Gasteiger partial charge < -0.3 is 15.2 Å². The molecule has 1 heterocycles. The quantitative estimate of drug-likeness (QED) is 0.576. The van der Waals surface area contributed by atoms with E-state index in [-0.39, 0.29) is 5.70 Å². The van der Waals surface area contributed by atoms with Crippen LogP contribution in [0.1, 0.15) is 5.56 Å². The molecule has 0 aliphatic carbocycles. The number of rotatable bonds is 5. The number of carboxylic acid groups (broad SMARTS) is 1. The van der Waals surface area contributed by atoms with Crippen LogP contribution in [-0.4, -0.2) is 29.6 Å². The van der Waals surface area contributed by atoms with Crippen LogP contribution in [0.4, 0.5) is 10.5 Å². The number of urea groups is 1. The number of benzene rings is 2. The van der Waals surface area contributed by atoms with E-state index in [1.54, 1.807) is 48.5 Å². The van der Waals surface area contributed by atoms with E-state index in [2.05, 4.69) is 21.2 Å². The maximum atomic E-state index is 12.5. The summed E-state index contributed by atoms with van der Waals surface area (Å²) in [5.74, 6) is -1.17. The summed E-state index contributed by atoms with van der Waals surface area (Å²) >= 11 is 3.29. The third-order valence-electron chi connectivity index (χ3n) is 3.51. The molecule has 0 atom stereocenters. The Morgan fingerprint density at radius 3 is 2.58 bits per heavy atom. The van der Waals surface area contributed by atoms with Gasteiger partial charge in [-0.1, -0.05) is 24.3 Å². The maximum Gasteiger partial charge on any atom is 0.341 e. The molecule has 26 heavy (non-hydrogen) atoms. The molecule has 1 fully saturated rings. The lowest BCUT2D eigenvalue weighted by Crippen LogP contribution is -2.30. The number of ether oxygens (including phenoxy) is 1. The third kappa shape index (κ3) is 3.75. The molecule has 3 amide bonds. The van der Waals surface area contributed by atoms with Crippen molar-refractivity contribution in [2.24, 2.45) is 0 Å². The Bertz CT molecular complexity index is 911. The number of anilines is 1. The first-order valence-corrected chi connectivity index (χ1v) is 8.31. The molecule has 1 saturated heterocycles. The second kappa shape index (κ2) is 7.40. The summed E-state index contributed by atoms with van der Waals surface area (Å²) in [5, 5.41) is 11.2. The zero-order valence-corrected chi connectivity index (χ0v) is 14.9. The van der Waals surface area contributed by atoms with Crippen LogP contribution < -0.4 is 15.0 Å². The number of para-hydroxylation sites is 1. The van der Waals surface area contributed by atoms with Crippen LogP contribution in [0.15, 0.2) is 58.7 Å². The van der Waals surface area contributed by atoms with Gasteiger partial charge in [0.15, 0.2) is 6.61 Å². The van der Waals surface area contributed by atoms with Gasteiger partial charge >= 0.3 is 12.0 Å². The monoisotopic (exact) mass is 416 g/mol. The summed E-state index contributed by atoms with van der Waals surface area (Å²) in [5.41, 5.74) is 1.26. The number of nitrogens with one attached hydrogen (secondary N) is 1. The zero-order chi connectivity index (χ0) is 18.7. The molecule has 0 spiro atoms. The molecular weight excluding hydrogens is 404 g/mol. The van der Waals surface area contributed by atoms with Crippen molar-refractivity contribution in [1.29, 1.82) is 0 Å². The summed E-state index contributed by atoms with van der Waals surface area (Å²) in [7, 11) is 0. The van der Waals surface area contributed by atoms with Crippen molar-refractivity contribution in [3.8, 4) is 5.75 Å². The van der Waals surface area contributed by atoms with Crippen LogP contribution in [0.3, 0.4) is 0 Å². The average Bonchev–Trinajstić information content (AvgIpc) is 2.88. The van der Waals surface area contributed by atoms with Crippen LogP contribution in [0.5, 0.6) is 5.75 Å². The molecule has 2 N–H and O–H groups in total. The molecule has 2 aromatic carbocycles. The standard InChI is InChI=1S/C18H13BrN2O5/c19-13-8-11(6-7-15(13)26-10-16(22)23)9-14-17(24)21(18(25)20-14)12-4-2-1-3-5-12/h1-9H,10H2,(H,20,25)(H,22,23). The molecule has 1 aliphatic rings. The fraction of sp³-hybridized carbons (Fsp3) is 0.0556. The molecule has 132 valence electrons. The van der Waals surface area contributed by atoms with Crippen molar-refractivity contribution >= 4 is 45.6 Å². The van der Waals surface area contributed by atoms with E-state index >= 15 is 0 Å². The Hall–Kier alpha value is -3.13. The molecule has 0 saturated carbocycles. The van der Waals surface area contributed by atoms with E-state index in [0.29, 0.717) is 21.5 Å². The Labute approximate surface area is 157 Å². The largest absolute Gasteiger partial charge is 0.481 e. The van der Waals surface area contributed by atoms with Crippen molar-refractivity contribution in [1.82, 2.24) is 5.32 Å². The maximum absolute atomic E-state index is 12.5. The average molecular weight is 417 g/mol. The van der Waals surface area contributed by atoms with Crippen LogP contribution in [0.2, 0.25) is 0 Å². The van der Waals surface area contributed by atoms with Crippen molar-refractivity contribution < 1.29 is 24.2 Å². The normalized spacial score (nSPS) is 15.3. The van der Waals surface area contributed by atoms with Crippen molar-refractivity contribution in [3.05, 3.63) is 64.3 Å². The lowest BCUT2D eigenvalue weighted by atomic mass is 10.2. The van der Waals surface area contributed by atoms with Gasteiger partial charge in [0.1, 0.15) is 11.4 Å². The third-order valence-corrected chi connectivity index (χ3v) is 4.13. The highest BCUT2D eigenvalue weighted by Gasteiger charge is 2.34. The van der Waals surface area contributed by atoms with Gasteiger partial charge in [-0.15, -0.1) is 0 Å². The zero-order valence-electron chi connectivity index (χ0n) is 13.3. The van der Waals surface area contributed by atoms with Gasteiger partial charge in [0.05, 0.1) is 10.2 Å². The van der Waals surface area contributed by atoms with Crippen molar-refractivity contribution in [2.75, 3.05) is 11.5 Å². The molecule has 3 rings (SSSR count). The number of carbonyl (C=O) groups is 3. The van der Waals surface area contributed by atoms with E-state index in [1.165, 1.54) is 6.08 Å². The fourth-order valence-electron chi connectivity index (χ4n) is 2.38. The molecule has 0 bridgehead atoms. The number of hydrogen-bond donors (Lipinski definition) is 2. The Morgan fingerprint density at radius 1 is 1.19 bits per heavy atom. The molecule has 2 aromatic rings. The second-order valence-electron chi connectivity index (χ2n) is 5.34. The van der Waals surface area contributed by atoms with E-state index in [1.807, 2.05) is 0 Å². The molecule has 8 heteroatoms. The smallest absolute Gasteiger partial charge is 0.341 e. The summed E-state index contributed by atoms with van der Waals surface area (Å²) in [4.78, 5) is 36.3. The molecule has 1 aliphatic heterocycles. The Kier molecular flexibility index (Phi) is 5.04. The van der Waals surface area contributed by atoms with Gasteiger partial charge in [-0.25, -0.2) is 14.5 Å². The van der Waals surface area contributed by atoms with Gasteiger partial charge in [0.25, 0.3) is 5.91 Å². The molecule has 7 nitrogen and oxygen atoms in total. The summed E-state index contributed by atoms with van der Waals surface area (Å²) in [6.45, 7) is -0.459. The summed E-state index contributed by atoms with van der Waals surface area (Å²) in [6, 6.07) is 13.0. The minimum absolute atomic E-state index is 0.143. The molecule has 0 radical (unpaired) electrons.